The summed E-state index contributed by atoms with van der Waals surface area (Å²) in [7, 11) is -1.53. The van der Waals surface area contributed by atoms with Gasteiger partial charge in [-0.1, -0.05) is 17.7 Å². The number of hydrogen-bond acceptors (Lipinski definition) is 4. The summed E-state index contributed by atoms with van der Waals surface area (Å²) in [4.78, 5) is 15.2. The number of benzene rings is 1. The summed E-state index contributed by atoms with van der Waals surface area (Å²) in [5, 5.41) is 3.28. The Balaban J connectivity index is 0.00000280. The minimum atomic E-state index is -3.49. The van der Waals surface area contributed by atoms with Crippen LogP contribution < -0.4 is 5.32 Å². The lowest BCUT2D eigenvalue weighted by Crippen LogP contribution is -2.48. The van der Waals surface area contributed by atoms with Crippen molar-refractivity contribution < 1.29 is 13.2 Å². The number of amides is 1. The van der Waals surface area contributed by atoms with Gasteiger partial charge in [-0.25, -0.2) is 8.42 Å². The third kappa shape index (κ3) is 4.87. The van der Waals surface area contributed by atoms with Crippen LogP contribution in [0.1, 0.15) is 36.8 Å². The molecule has 1 aromatic rings. The maximum absolute atomic E-state index is 13.0. The molecule has 1 amide bonds. The Labute approximate surface area is 175 Å². The van der Waals surface area contributed by atoms with Crippen LogP contribution >= 0.6 is 12.4 Å². The van der Waals surface area contributed by atoms with E-state index in [1.54, 1.807) is 10.4 Å². The molecule has 0 atom stereocenters. The third-order valence-electron chi connectivity index (χ3n) is 5.97. The van der Waals surface area contributed by atoms with Crippen LogP contribution in [0.5, 0.6) is 0 Å². The summed E-state index contributed by atoms with van der Waals surface area (Å²) in [6, 6.07) is 5.94. The Kier molecular flexibility index (Phi) is 7.90. The SMILES string of the molecule is CNC1CCN(C(=O)C2CCN(S(=O)(=O)c3ccc(C)cc3C)CC2)CC1.Cl. The van der Waals surface area contributed by atoms with E-state index in [-0.39, 0.29) is 24.2 Å². The summed E-state index contributed by atoms with van der Waals surface area (Å²) in [6.07, 6.45) is 3.19. The number of sulfonamides is 1. The molecule has 0 bridgehead atoms. The number of aryl methyl sites for hydroxylation is 2. The number of halogens is 1. The lowest BCUT2D eigenvalue weighted by Gasteiger charge is -2.37. The first-order valence-electron chi connectivity index (χ1n) is 9.86. The van der Waals surface area contributed by atoms with E-state index in [9.17, 15) is 13.2 Å². The summed E-state index contributed by atoms with van der Waals surface area (Å²) >= 11 is 0. The standard InChI is InChI=1S/C20H31N3O3S.ClH/c1-15-4-5-19(16(2)14-15)27(25,26)23-12-6-17(7-13-23)20(24)22-10-8-18(21-3)9-11-22;/h4-5,14,17-18,21H,6-13H2,1-3H3;1H. The molecule has 0 unspecified atom stereocenters. The van der Waals surface area contributed by atoms with Crippen LogP contribution in [-0.2, 0) is 14.8 Å². The van der Waals surface area contributed by atoms with Gasteiger partial charge in [0.1, 0.15) is 0 Å². The molecule has 0 aromatic heterocycles. The zero-order valence-corrected chi connectivity index (χ0v) is 18.6. The second-order valence-corrected chi connectivity index (χ2v) is 9.74. The predicted molar refractivity (Wildman–Crippen MR) is 113 cm³/mol. The van der Waals surface area contributed by atoms with Crippen molar-refractivity contribution in [2.24, 2.45) is 5.92 Å². The van der Waals surface area contributed by atoms with Gasteiger partial charge >= 0.3 is 0 Å². The maximum Gasteiger partial charge on any atom is 0.243 e. The zero-order valence-electron chi connectivity index (χ0n) is 17.0. The second kappa shape index (κ2) is 9.57. The quantitative estimate of drug-likeness (QED) is 0.797. The highest BCUT2D eigenvalue weighted by atomic mass is 35.5. The van der Waals surface area contributed by atoms with E-state index in [1.807, 2.05) is 37.9 Å². The first-order valence-corrected chi connectivity index (χ1v) is 11.3. The minimum Gasteiger partial charge on any atom is -0.342 e. The lowest BCUT2D eigenvalue weighted by molar-refractivity contribution is -0.137. The van der Waals surface area contributed by atoms with Crippen LogP contribution in [0, 0.1) is 19.8 Å². The molecule has 1 aromatic carbocycles. The fourth-order valence-corrected chi connectivity index (χ4v) is 5.89. The van der Waals surface area contributed by atoms with E-state index < -0.39 is 10.0 Å². The Morgan fingerprint density at radius 2 is 1.64 bits per heavy atom. The highest BCUT2D eigenvalue weighted by molar-refractivity contribution is 7.89. The van der Waals surface area contributed by atoms with Gasteiger partial charge in [-0.15, -0.1) is 12.4 Å². The van der Waals surface area contributed by atoms with Crippen molar-refractivity contribution in [1.29, 1.82) is 0 Å². The summed E-state index contributed by atoms with van der Waals surface area (Å²) < 4.78 is 27.5. The van der Waals surface area contributed by atoms with Gasteiger partial charge in [-0.3, -0.25) is 4.79 Å². The number of carbonyl (C=O) groups excluding carboxylic acids is 1. The molecule has 158 valence electrons. The normalized spacial score (nSPS) is 20.0. The first kappa shape index (κ1) is 23.1. The summed E-state index contributed by atoms with van der Waals surface area (Å²) in [5.74, 6) is 0.148. The van der Waals surface area contributed by atoms with Gasteiger partial charge < -0.3 is 10.2 Å². The topological polar surface area (TPSA) is 69.7 Å². The zero-order chi connectivity index (χ0) is 19.6. The van der Waals surface area contributed by atoms with Crippen molar-refractivity contribution in [3.63, 3.8) is 0 Å². The molecule has 2 fully saturated rings. The van der Waals surface area contributed by atoms with Crippen molar-refractivity contribution in [2.45, 2.75) is 50.5 Å². The van der Waals surface area contributed by atoms with E-state index in [0.29, 0.717) is 36.9 Å². The van der Waals surface area contributed by atoms with Gasteiger partial charge in [0.2, 0.25) is 15.9 Å². The summed E-state index contributed by atoms with van der Waals surface area (Å²) in [6.45, 7) is 6.22. The van der Waals surface area contributed by atoms with Crippen LogP contribution in [-0.4, -0.2) is 62.8 Å². The molecule has 2 saturated heterocycles. The van der Waals surface area contributed by atoms with E-state index in [0.717, 1.165) is 37.1 Å². The van der Waals surface area contributed by atoms with Crippen LogP contribution in [0.25, 0.3) is 0 Å². The largest absolute Gasteiger partial charge is 0.342 e. The molecule has 0 aliphatic carbocycles. The number of piperidine rings is 2. The van der Waals surface area contributed by atoms with Crippen LogP contribution in [0.2, 0.25) is 0 Å². The Morgan fingerprint density at radius 3 is 2.18 bits per heavy atom. The Bertz CT molecular complexity index is 784. The molecule has 2 heterocycles. The van der Waals surface area contributed by atoms with Crippen LogP contribution in [0.4, 0.5) is 0 Å². The van der Waals surface area contributed by atoms with Crippen LogP contribution in [0.3, 0.4) is 0 Å². The average Bonchev–Trinajstić information content (AvgIpc) is 2.67. The highest BCUT2D eigenvalue weighted by Gasteiger charge is 2.35. The van der Waals surface area contributed by atoms with Crippen LogP contribution in [0.15, 0.2) is 23.1 Å². The molecule has 0 spiro atoms. The molecule has 1 N–H and O–H groups in total. The summed E-state index contributed by atoms with van der Waals surface area (Å²) in [5.41, 5.74) is 1.83. The maximum atomic E-state index is 13.0. The minimum absolute atomic E-state index is 0. The molecule has 2 aliphatic rings. The Morgan fingerprint density at radius 1 is 1.04 bits per heavy atom. The smallest absolute Gasteiger partial charge is 0.243 e. The van der Waals surface area contributed by atoms with Gasteiger partial charge in [0.05, 0.1) is 4.90 Å². The lowest BCUT2D eigenvalue weighted by atomic mass is 9.95. The van der Waals surface area contributed by atoms with E-state index in [2.05, 4.69) is 5.32 Å². The molecule has 0 saturated carbocycles. The molecule has 2 aliphatic heterocycles. The van der Waals surface area contributed by atoms with Crippen molar-refractivity contribution in [2.75, 3.05) is 33.2 Å². The number of carbonyl (C=O) groups is 1. The van der Waals surface area contributed by atoms with E-state index in [4.69, 9.17) is 0 Å². The number of nitrogens with one attached hydrogen (secondary N) is 1. The van der Waals surface area contributed by atoms with E-state index >= 15 is 0 Å². The van der Waals surface area contributed by atoms with Gasteiger partial charge in [0, 0.05) is 38.1 Å². The highest BCUT2D eigenvalue weighted by Crippen LogP contribution is 2.27. The van der Waals surface area contributed by atoms with Crippen molar-refractivity contribution >= 4 is 28.3 Å². The molecule has 0 radical (unpaired) electrons. The van der Waals surface area contributed by atoms with Gasteiger partial charge in [-0.2, -0.15) is 4.31 Å². The monoisotopic (exact) mass is 429 g/mol. The first-order chi connectivity index (χ1) is 12.8. The molecule has 6 nitrogen and oxygen atoms in total. The molecule has 3 rings (SSSR count). The molecular formula is C20H32ClN3O3S. The van der Waals surface area contributed by atoms with Gasteiger partial charge in [0.15, 0.2) is 0 Å². The number of likely N-dealkylation sites (tertiary alicyclic amines) is 1. The number of nitrogens with zero attached hydrogens (tertiary/aromatic N) is 2. The van der Waals surface area contributed by atoms with Crippen molar-refractivity contribution in [3.05, 3.63) is 29.3 Å². The fourth-order valence-electron chi connectivity index (χ4n) is 4.22. The number of hydrogen-bond donors (Lipinski definition) is 1. The third-order valence-corrected chi connectivity index (χ3v) is 8.03. The van der Waals surface area contributed by atoms with Gasteiger partial charge in [0.25, 0.3) is 0 Å². The molecular weight excluding hydrogens is 398 g/mol. The second-order valence-electron chi connectivity index (χ2n) is 7.84. The number of rotatable bonds is 4. The van der Waals surface area contributed by atoms with E-state index in [1.165, 1.54) is 0 Å². The van der Waals surface area contributed by atoms with Gasteiger partial charge in [-0.05, 0) is 58.2 Å². The van der Waals surface area contributed by atoms with Crippen molar-refractivity contribution in [1.82, 2.24) is 14.5 Å². The van der Waals surface area contributed by atoms with Crippen molar-refractivity contribution in [3.8, 4) is 0 Å². The fraction of sp³-hybridized carbons (Fsp3) is 0.650. The molecule has 28 heavy (non-hydrogen) atoms. The average molecular weight is 430 g/mol. The Hall–Kier alpha value is -1.15. The molecule has 8 heteroatoms. The predicted octanol–water partition coefficient (Wildman–Crippen LogP) is 2.34.